The van der Waals surface area contributed by atoms with E-state index in [-0.39, 0.29) is 23.6 Å². The average molecular weight is 148 g/mol. The van der Waals surface area contributed by atoms with Gasteiger partial charge in [-0.05, 0) is 11.6 Å². The maximum absolute atomic E-state index is 10.2. The molecule has 0 radical (unpaired) electrons. The Kier molecular flexibility index (Phi) is 1.71. The molecule has 1 amide bonds. The molecule has 1 heterocycles. The van der Waals surface area contributed by atoms with Crippen LogP contribution in [0.3, 0.4) is 0 Å². The predicted molar refractivity (Wildman–Crippen MR) is 32.0 cm³/mol. The molecule has 9 heavy (non-hydrogen) atoms. The van der Waals surface area contributed by atoms with E-state index in [0.717, 1.165) is 0 Å². The second kappa shape index (κ2) is 2.35. The molecule has 3 nitrogen and oxygen atoms in total. The van der Waals surface area contributed by atoms with Crippen molar-refractivity contribution in [2.75, 3.05) is 0 Å². The molecule has 1 saturated heterocycles. The fourth-order valence-corrected chi connectivity index (χ4v) is 0.934. The third kappa shape index (κ3) is 1.68. The largest absolute Gasteiger partial charge is 0.352 e. The summed E-state index contributed by atoms with van der Waals surface area (Å²) in [4.78, 5) is 20.4. The number of nitrogens with one attached hydrogen (secondary N) is 1. The Morgan fingerprint density at radius 3 is 2.78 bits per heavy atom. The Balaban J connectivity index is 2.18. The van der Waals surface area contributed by atoms with Crippen LogP contribution >= 0.6 is 11.6 Å². The molecule has 0 saturated carbocycles. The quantitative estimate of drug-likeness (QED) is 0.443. The van der Waals surface area contributed by atoms with Crippen molar-refractivity contribution in [1.29, 1.82) is 0 Å². The molecule has 1 N–H and O–H groups in total. The molecule has 0 aliphatic carbocycles. The molecule has 4 heteroatoms. The monoisotopic (exact) mass is 147 g/mol. The van der Waals surface area contributed by atoms with Crippen molar-refractivity contribution < 1.29 is 9.59 Å². The van der Waals surface area contributed by atoms with Crippen molar-refractivity contribution in [3.63, 3.8) is 0 Å². The fraction of sp³-hybridized carbons (Fsp3) is 0.600. The summed E-state index contributed by atoms with van der Waals surface area (Å²) in [5, 5.41) is 2.14. The highest BCUT2D eigenvalue weighted by molar-refractivity contribution is 6.63. The van der Waals surface area contributed by atoms with E-state index < -0.39 is 0 Å². The van der Waals surface area contributed by atoms with Gasteiger partial charge < -0.3 is 5.32 Å². The summed E-state index contributed by atoms with van der Waals surface area (Å²) >= 11 is 5.04. The van der Waals surface area contributed by atoms with Gasteiger partial charge in [0.25, 0.3) is 0 Å². The number of β-lactam (4-membered cyclic amide) rings is 1. The fourth-order valence-electron chi connectivity index (χ4n) is 0.747. The molecule has 1 fully saturated rings. The third-order valence-corrected chi connectivity index (χ3v) is 1.36. The summed E-state index contributed by atoms with van der Waals surface area (Å²) in [6.45, 7) is 0. The van der Waals surface area contributed by atoms with Crippen LogP contribution in [-0.2, 0) is 9.59 Å². The van der Waals surface area contributed by atoms with Crippen LogP contribution in [0.5, 0.6) is 0 Å². The molecule has 1 atom stereocenters. The molecule has 0 bridgehead atoms. The number of rotatable bonds is 2. The second-order valence-electron chi connectivity index (χ2n) is 2.03. The highest BCUT2D eigenvalue weighted by Crippen LogP contribution is 2.09. The number of carbonyl (C=O) groups excluding carboxylic acids is 2. The van der Waals surface area contributed by atoms with Gasteiger partial charge in [-0.3, -0.25) is 9.59 Å². The Morgan fingerprint density at radius 2 is 2.44 bits per heavy atom. The summed E-state index contributed by atoms with van der Waals surface area (Å²) < 4.78 is 0. The van der Waals surface area contributed by atoms with Crippen LogP contribution in [-0.4, -0.2) is 17.2 Å². The summed E-state index contributed by atoms with van der Waals surface area (Å²) in [6.07, 6.45) is 0.700. The van der Waals surface area contributed by atoms with Crippen LogP contribution in [0.4, 0.5) is 0 Å². The topological polar surface area (TPSA) is 46.2 Å². The lowest BCUT2D eigenvalue weighted by Gasteiger charge is -2.24. The minimum Gasteiger partial charge on any atom is -0.352 e. The molecule has 0 aromatic heterocycles. The molecule has 0 spiro atoms. The van der Waals surface area contributed by atoms with Crippen molar-refractivity contribution in [3.05, 3.63) is 0 Å². The first kappa shape index (κ1) is 6.55. The van der Waals surface area contributed by atoms with Crippen LogP contribution in [0.15, 0.2) is 0 Å². The summed E-state index contributed by atoms with van der Waals surface area (Å²) in [7, 11) is 0. The lowest BCUT2D eigenvalue weighted by Crippen LogP contribution is -2.48. The van der Waals surface area contributed by atoms with E-state index in [1.165, 1.54) is 0 Å². The van der Waals surface area contributed by atoms with E-state index in [2.05, 4.69) is 5.32 Å². The summed E-state index contributed by atoms with van der Waals surface area (Å²) in [6, 6.07) is 0.00231. The standard InChI is InChI=1S/C5H6ClNO2/c6-4(8)1-3-2-5(9)7-3/h3H,1-2H2,(H,7,9)/t3-/m1/s1. The lowest BCUT2D eigenvalue weighted by molar-refractivity contribution is -0.128. The van der Waals surface area contributed by atoms with E-state index in [9.17, 15) is 9.59 Å². The van der Waals surface area contributed by atoms with E-state index >= 15 is 0 Å². The number of carbonyl (C=O) groups is 2. The van der Waals surface area contributed by atoms with Gasteiger partial charge in [0.05, 0.1) is 0 Å². The molecule has 50 valence electrons. The zero-order chi connectivity index (χ0) is 6.85. The van der Waals surface area contributed by atoms with Crippen LogP contribution in [0.25, 0.3) is 0 Å². The average Bonchev–Trinajstić information content (AvgIpc) is 1.60. The maximum Gasteiger partial charge on any atom is 0.223 e. The van der Waals surface area contributed by atoms with Gasteiger partial charge in [0, 0.05) is 18.9 Å². The predicted octanol–water partition coefficient (Wildman–Crippen LogP) is 0.0304. The summed E-state index contributed by atoms with van der Waals surface area (Å²) in [5.74, 6) is -0.00193. The van der Waals surface area contributed by atoms with Crippen LogP contribution < -0.4 is 5.32 Å². The van der Waals surface area contributed by atoms with Crippen molar-refractivity contribution in [2.24, 2.45) is 0 Å². The van der Waals surface area contributed by atoms with Gasteiger partial charge >= 0.3 is 0 Å². The Morgan fingerprint density at radius 1 is 1.89 bits per heavy atom. The van der Waals surface area contributed by atoms with Crippen molar-refractivity contribution in [2.45, 2.75) is 18.9 Å². The summed E-state index contributed by atoms with van der Waals surface area (Å²) in [5.41, 5.74) is 0. The Hall–Kier alpha value is -0.570. The van der Waals surface area contributed by atoms with E-state index in [4.69, 9.17) is 11.6 Å². The first-order valence-electron chi connectivity index (χ1n) is 2.66. The van der Waals surface area contributed by atoms with E-state index in [0.29, 0.717) is 6.42 Å². The van der Waals surface area contributed by atoms with E-state index in [1.54, 1.807) is 0 Å². The highest BCUT2D eigenvalue weighted by atomic mass is 35.5. The van der Waals surface area contributed by atoms with Crippen molar-refractivity contribution in [1.82, 2.24) is 5.32 Å². The van der Waals surface area contributed by atoms with Gasteiger partial charge in [-0.15, -0.1) is 0 Å². The van der Waals surface area contributed by atoms with Crippen LogP contribution in [0, 0.1) is 0 Å². The number of halogens is 1. The number of hydrogen-bond donors (Lipinski definition) is 1. The normalized spacial score (nSPS) is 24.6. The maximum atomic E-state index is 10.2. The van der Waals surface area contributed by atoms with Gasteiger partial charge in [-0.1, -0.05) is 0 Å². The highest BCUT2D eigenvalue weighted by Gasteiger charge is 2.26. The Labute approximate surface area is 57.4 Å². The first-order valence-corrected chi connectivity index (χ1v) is 3.04. The van der Waals surface area contributed by atoms with Gasteiger partial charge in [0.15, 0.2) is 0 Å². The zero-order valence-corrected chi connectivity index (χ0v) is 5.44. The number of hydrogen-bond acceptors (Lipinski definition) is 2. The van der Waals surface area contributed by atoms with Gasteiger partial charge in [0.1, 0.15) is 0 Å². The van der Waals surface area contributed by atoms with Crippen molar-refractivity contribution in [3.8, 4) is 0 Å². The minimum atomic E-state index is -0.389. The smallest absolute Gasteiger partial charge is 0.223 e. The molecular formula is C5H6ClNO2. The van der Waals surface area contributed by atoms with Gasteiger partial charge in [0.2, 0.25) is 11.1 Å². The molecular weight excluding hydrogens is 142 g/mol. The van der Waals surface area contributed by atoms with Crippen molar-refractivity contribution >= 4 is 22.8 Å². The molecule has 1 rings (SSSR count). The van der Waals surface area contributed by atoms with Gasteiger partial charge in [-0.2, -0.15) is 0 Å². The SMILES string of the molecule is O=C(Cl)C[C@@H]1CC(=O)N1. The van der Waals surface area contributed by atoms with Crippen LogP contribution in [0.1, 0.15) is 12.8 Å². The first-order chi connectivity index (χ1) is 4.18. The minimum absolute atomic E-state index is 0.00193. The third-order valence-electron chi connectivity index (χ3n) is 1.20. The lowest BCUT2D eigenvalue weighted by atomic mass is 10.0. The van der Waals surface area contributed by atoms with Crippen LogP contribution in [0.2, 0.25) is 0 Å². The molecule has 0 aromatic rings. The molecule has 0 aromatic carbocycles. The van der Waals surface area contributed by atoms with Gasteiger partial charge in [-0.25, -0.2) is 0 Å². The molecule has 0 unspecified atom stereocenters. The molecule has 1 aliphatic rings. The second-order valence-corrected chi connectivity index (χ2v) is 2.45. The molecule has 1 aliphatic heterocycles. The number of amides is 1. The van der Waals surface area contributed by atoms with E-state index in [1.807, 2.05) is 0 Å². The zero-order valence-electron chi connectivity index (χ0n) is 4.69. The Bertz CT molecular complexity index is 149.